The number of nitrogens with one attached hydrogen (secondary N) is 1. The molecule has 1 N–H and O–H groups in total. The fourth-order valence-corrected chi connectivity index (χ4v) is 1.66. The number of aromatic nitrogens is 2. The molecule has 1 aromatic rings. The summed E-state index contributed by atoms with van der Waals surface area (Å²) in [6.07, 6.45) is 1.35. The van der Waals surface area contributed by atoms with Gasteiger partial charge < -0.3 is 9.72 Å². The van der Waals surface area contributed by atoms with E-state index in [0.717, 1.165) is 11.3 Å². The monoisotopic (exact) mass is 198 g/mol. The molecule has 5 heteroatoms. The molecule has 0 bridgehead atoms. The quantitative estimate of drug-likeness (QED) is 0.461. The van der Waals surface area contributed by atoms with E-state index in [9.17, 15) is 4.79 Å². The van der Waals surface area contributed by atoms with Crippen LogP contribution >= 0.6 is 12.6 Å². The zero-order valence-electron chi connectivity index (χ0n) is 7.04. The molecule has 13 heavy (non-hydrogen) atoms. The van der Waals surface area contributed by atoms with Gasteiger partial charge in [0, 0.05) is 18.4 Å². The summed E-state index contributed by atoms with van der Waals surface area (Å²) in [5.74, 6) is 0. The molecule has 0 saturated carbocycles. The van der Waals surface area contributed by atoms with Gasteiger partial charge in [0.25, 0.3) is 5.56 Å². The highest BCUT2D eigenvalue weighted by molar-refractivity contribution is 7.80. The van der Waals surface area contributed by atoms with Crippen molar-refractivity contribution >= 4 is 12.6 Å². The Morgan fingerprint density at radius 3 is 3.00 bits per heavy atom. The molecule has 70 valence electrons. The molecule has 2 rings (SSSR count). The van der Waals surface area contributed by atoms with Gasteiger partial charge in [-0.15, -0.1) is 12.6 Å². The number of hydrogen-bond acceptors (Lipinski definition) is 4. The summed E-state index contributed by atoms with van der Waals surface area (Å²) in [4.78, 5) is 18.2. The largest absolute Gasteiger partial charge is 0.381 e. The fraction of sp³-hybridized carbons (Fsp3) is 0.500. The number of hydrogen-bond donors (Lipinski definition) is 2. The fourth-order valence-electron chi connectivity index (χ4n) is 1.44. The van der Waals surface area contributed by atoms with E-state index in [2.05, 4.69) is 22.6 Å². The van der Waals surface area contributed by atoms with Crippen LogP contribution in [0.4, 0.5) is 0 Å². The molecule has 1 aromatic heterocycles. The van der Waals surface area contributed by atoms with Gasteiger partial charge in [0.05, 0.1) is 18.9 Å². The van der Waals surface area contributed by atoms with Gasteiger partial charge in [0.1, 0.15) is 0 Å². The van der Waals surface area contributed by atoms with Crippen LogP contribution in [0, 0.1) is 0 Å². The van der Waals surface area contributed by atoms with Crippen LogP contribution in [0.15, 0.2) is 9.95 Å². The molecule has 0 spiro atoms. The van der Waals surface area contributed by atoms with Gasteiger partial charge in [-0.2, -0.15) is 0 Å². The molecule has 0 aromatic carbocycles. The average Bonchev–Trinajstić information content (AvgIpc) is 2.28. The third kappa shape index (κ3) is 1.76. The van der Waals surface area contributed by atoms with Gasteiger partial charge in [-0.1, -0.05) is 0 Å². The maximum Gasteiger partial charge on any atom is 0.255 e. The molecule has 0 atom stereocenters. The Bertz CT molecular complexity index is 375. The van der Waals surface area contributed by atoms with Crippen molar-refractivity contribution in [3.05, 3.63) is 21.6 Å². The standard InChI is InChI=1S/C8H10N2O2S/c11-7-5-1-3-12-4-2-6(5)9-8(13)10-7/h1-4H2,(H2,9,10,11,13). The first-order valence-corrected chi connectivity index (χ1v) is 4.61. The summed E-state index contributed by atoms with van der Waals surface area (Å²) in [6.45, 7) is 1.24. The highest BCUT2D eigenvalue weighted by Crippen LogP contribution is 2.08. The van der Waals surface area contributed by atoms with Crippen molar-refractivity contribution in [1.82, 2.24) is 9.97 Å². The highest BCUT2D eigenvalue weighted by atomic mass is 32.1. The summed E-state index contributed by atoms with van der Waals surface area (Å²) in [5.41, 5.74) is 1.49. The van der Waals surface area contributed by atoms with Crippen LogP contribution < -0.4 is 5.56 Å². The molecular formula is C8H10N2O2S. The minimum Gasteiger partial charge on any atom is -0.381 e. The third-order valence-corrected chi connectivity index (χ3v) is 2.28. The first-order chi connectivity index (χ1) is 6.27. The summed E-state index contributed by atoms with van der Waals surface area (Å²) in [7, 11) is 0. The number of thiol groups is 1. The lowest BCUT2D eigenvalue weighted by Crippen LogP contribution is -2.18. The molecule has 1 aliphatic heterocycles. The minimum atomic E-state index is -0.0829. The van der Waals surface area contributed by atoms with E-state index in [1.165, 1.54) is 0 Å². The Balaban J connectivity index is 2.53. The van der Waals surface area contributed by atoms with Crippen molar-refractivity contribution in [3.63, 3.8) is 0 Å². The van der Waals surface area contributed by atoms with Crippen LogP contribution in [0.2, 0.25) is 0 Å². The van der Waals surface area contributed by atoms with Crippen LogP contribution in [0.5, 0.6) is 0 Å². The van der Waals surface area contributed by atoms with Crippen LogP contribution in [-0.2, 0) is 17.6 Å². The van der Waals surface area contributed by atoms with Crippen molar-refractivity contribution in [2.45, 2.75) is 18.0 Å². The lowest BCUT2D eigenvalue weighted by atomic mass is 10.1. The predicted molar refractivity (Wildman–Crippen MR) is 50.3 cm³/mol. The summed E-state index contributed by atoms with van der Waals surface area (Å²) in [5, 5.41) is 0.380. The second-order valence-corrected chi connectivity index (χ2v) is 3.35. The Morgan fingerprint density at radius 1 is 1.38 bits per heavy atom. The van der Waals surface area contributed by atoms with Crippen LogP contribution in [0.1, 0.15) is 11.3 Å². The van der Waals surface area contributed by atoms with Gasteiger partial charge in [-0.05, 0) is 0 Å². The molecule has 0 aliphatic carbocycles. The number of aromatic amines is 1. The molecule has 0 amide bonds. The Labute approximate surface area is 80.8 Å². The number of rotatable bonds is 0. The van der Waals surface area contributed by atoms with Crippen molar-refractivity contribution < 1.29 is 4.74 Å². The topological polar surface area (TPSA) is 55.0 Å². The molecule has 0 saturated heterocycles. The number of fused-ring (bicyclic) bond motifs is 1. The Morgan fingerprint density at radius 2 is 2.15 bits per heavy atom. The minimum absolute atomic E-state index is 0.0829. The van der Waals surface area contributed by atoms with Gasteiger partial charge >= 0.3 is 0 Å². The van der Waals surface area contributed by atoms with Crippen LogP contribution in [0.3, 0.4) is 0 Å². The number of ether oxygens (including phenoxy) is 1. The van der Waals surface area contributed by atoms with Gasteiger partial charge in [-0.25, -0.2) is 4.98 Å². The van der Waals surface area contributed by atoms with Gasteiger partial charge in [0.2, 0.25) is 0 Å². The van der Waals surface area contributed by atoms with Crippen molar-refractivity contribution in [3.8, 4) is 0 Å². The van der Waals surface area contributed by atoms with Gasteiger partial charge in [-0.3, -0.25) is 4.79 Å². The molecule has 0 radical (unpaired) electrons. The third-order valence-electron chi connectivity index (χ3n) is 2.07. The zero-order valence-corrected chi connectivity index (χ0v) is 7.93. The van der Waals surface area contributed by atoms with E-state index in [0.29, 0.717) is 31.2 Å². The lowest BCUT2D eigenvalue weighted by Gasteiger charge is -2.02. The predicted octanol–water partition coefficient (Wildman–Crippen LogP) is 0.174. The molecule has 4 nitrogen and oxygen atoms in total. The van der Waals surface area contributed by atoms with Crippen LogP contribution in [-0.4, -0.2) is 23.2 Å². The SMILES string of the molecule is O=c1[nH]c(S)nc2c1CCOCC2. The van der Waals surface area contributed by atoms with Crippen LogP contribution in [0.25, 0.3) is 0 Å². The maximum absolute atomic E-state index is 11.4. The first kappa shape index (κ1) is 8.77. The van der Waals surface area contributed by atoms with E-state index in [-0.39, 0.29) is 5.56 Å². The van der Waals surface area contributed by atoms with E-state index < -0.39 is 0 Å². The second-order valence-electron chi connectivity index (χ2n) is 2.93. The highest BCUT2D eigenvalue weighted by Gasteiger charge is 2.13. The van der Waals surface area contributed by atoms with Crippen molar-refractivity contribution in [2.75, 3.05) is 13.2 Å². The van der Waals surface area contributed by atoms with Gasteiger partial charge in [0.15, 0.2) is 5.16 Å². The average molecular weight is 198 g/mol. The van der Waals surface area contributed by atoms with E-state index in [1.807, 2.05) is 0 Å². The molecule has 2 heterocycles. The number of H-pyrrole nitrogens is 1. The molecule has 1 aliphatic rings. The normalized spacial score (nSPS) is 16.4. The summed E-state index contributed by atoms with van der Waals surface area (Å²) < 4.78 is 5.25. The van der Waals surface area contributed by atoms with Crippen molar-refractivity contribution in [1.29, 1.82) is 0 Å². The van der Waals surface area contributed by atoms with E-state index >= 15 is 0 Å². The van der Waals surface area contributed by atoms with E-state index in [1.54, 1.807) is 0 Å². The smallest absolute Gasteiger partial charge is 0.255 e. The molecule has 0 fully saturated rings. The van der Waals surface area contributed by atoms with Crippen molar-refractivity contribution in [2.24, 2.45) is 0 Å². The summed E-state index contributed by atoms with van der Waals surface area (Å²) in [6, 6.07) is 0. The number of nitrogens with zero attached hydrogens (tertiary/aromatic N) is 1. The van der Waals surface area contributed by atoms with E-state index in [4.69, 9.17) is 4.74 Å². The molecule has 0 unspecified atom stereocenters. The zero-order chi connectivity index (χ0) is 9.26. The molecular weight excluding hydrogens is 188 g/mol. The maximum atomic E-state index is 11.4. The summed E-state index contributed by atoms with van der Waals surface area (Å²) >= 11 is 4.02. The Hall–Kier alpha value is -0.810. The lowest BCUT2D eigenvalue weighted by molar-refractivity contribution is 0.146. The first-order valence-electron chi connectivity index (χ1n) is 4.16. The Kier molecular flexibility index (Phi) is 2.37. The second kappa shape index (κ2) is 3.51.